The second-order valence-corrected chi connectivity index (χ2v) is 7.17. The number of unbranched alkanes of at least 4 members (excludes halogenated alkanes) is 1. The second-order valence-electron chi connectivity index (χ2n) is 7.17. The van der Waals surface area contributed by atoms with Crippen LogP contribution in [0.2, 0.25) is 0 Å². The maximum absolute atomic E-state index is 9.42. The lowest BCUT2D eigenvalue weighted by Crippen LogP contribution is -1.94. The molecule has 29 heavy (non-hydrogen) atoms. The molecule has 0 unspecified atom stereocenters. The number of aryl methyl sites for hydroxylation is 2. The van der Waals surface area contributed by atoms with Crippen molar-refractivity contribution in [1.29, 1.82) is 0 Å². The number of nitrogens with zero attached hydrogens (tertiary/aromatic N) is 2. The normalized spacial score (nSPS) is 11.0. The fourth-order valence-electron chi connectivity index (χ4n) is 3.39. The van der Waals surface area contributed by atoms with Crippen molar-refractivity contribution in [2.45, 2.75) is 46.2 Å². The van der Waals surface area contributed by atoms with Crippen LogP contribution in [0, 0.1) is 0 Å². The van der Waals surface area contributed by atoms with Crippen molar-refractivity contribution in [2.75, 3.05) is 0 Å². The molecule has 0 aliphatic rings. The van der Waals surface area contributed by atoms with E-state index in [9.17, 15) is 20.4 Å². The molecule has 4 aromatic rings. The van der Waals surface area contributed by atoms with Gasteiger partial charge in [0.25, 0.3) is 0 Å². The van der Waals surface area contributed by atoms with Gasteiger partial charge in [-0.15, -0.1) is 0 Å². The minimum Gasteiger partial charge on any atom is -0.504 e. The lowest BCUT2D eigenvalue weighted by Gasteiger charge is -2.05. The predicted molar refractivity (Wildman–Crippen MR) is 116 cm³/mol. The Morgan fingerprint density at radius 3 is 1.52 bits per heavy atom. The van der Waals surface area contributed by atoms with Crippen molar-refractivity contribution in [3.8, 4) is 23.0 Å². The van der Waals surface area contributed by atoms with E-state index in [-0.39, 0.29) is 23.0 Å². The molecule has 6 nitrogen and oxygen atoms in total. The van der Waals surface area contributed by atoms with E-state index in [4.69, 9.17) is 0 Å². The summed E-state index contributed by atoms with van der Waals surface area (Å²) in [4.78, 5) is 0. The summed E-state index contributed by atoms with van der Waals surface area (Å²) in [6, 6.07) is 10.3. The minimum absolute atomic E-state index is 0.0565. The maximum atomic E-state index is 9.42. The predicted octanol–water partition coefficient (Wildman–Crippen LogP) is 5.32. The Hall–Kier alpha value is -3.28. The van der Waals surface area contributed by atoms with Gasteiger partial charge in [0.15, 0.2) is 23.0 Å². The van der Waals surface area contributed by atoms with Gasteiger partial charge in [-0.25, -0.2) is 0 Å². The first-order valence-electron chi connectivity index (χ1n) is 9.96. The smallest absolute Gasteiger partial charge is 0.159 e. The molecule has 0 saturated heterocycles. The summed E-state index contributed by atoms with van der Waals surface area (Å²) >= 11 is 0. The van der Waals surface area contributed by atoms with Crippen molar-refractivity contribution >= 4 is 21.8 Å². The highest BCUT2D eigenvalue weighted by Gasteiger charge is 2.06. The molecule has 0 spiro atoms. The van der Waals surface area contributed by atoms with E-state index in [1.165, 1.54) is 0 Å². The van der Waals surface area contributed by atoms with Crippen LogP contribution in [0.4, 0.5) is 0 Å². The first kappa shape index (κ1) is 20.5. The largest absolute Gasteiger partial charge is 0.504 e. The average molecular weight is 396 g/mol. The summed E-state index contributed by atoms with van der Waals surface area (Å²) < 4.78 is 4.16. The van der Waals surface area contributed by atoms with E-state index in [1.54, 1.807) is 24.3 Å². The van der Waals surface area contributed by atoms with Gasteiger partial charge in [-0.3, -0.25) is 0 Å². The van der Waals surface area contributed by atoms with Crippen LogP contribution in [0.15, 0.2) is 48.8 Å². The Morgan fingerprint density at radius 2 is 1.07 bits per heavy atom. The molecule has 6 heteroatoms. The molecule has 0 bridgehead atoms. The zero-order valence-corrected chi connectivity index (χ0v) is 16.8. The van der Waals surface area contributed by atoms with Crippen LogP contribution in [0.25, 0.3) is 21.8 Å². The molecule has 2 heterocycles. The van der Waals surface area contributed by atoms with Crippen LogP contribution in [0.5, 0.6) is 23.0 Å². The number of hydrogen-bond acceptors (Lipinski definition) is 4. The quantitative estimate of drug-likeness (QED) is 0.344. The van der Waals surface area contributed by atoms with Gasteiger partial charge < -0.3 is 29.6 Å². The highest BCUT2D eigenvalue weighted by Crippen LogP contribution is 2.31. The molecular weight excluding hydrogens is 368 g/mol. The van der Waals surface area contributed by atoms with Crippen LogP contribution in [0.1, 0.15) is 33.1 Å². The van der Waals surface area contributed by atoms with E-state index >= 15 is 0 Å². The number of phenolic OH excluding ortho intramolecular Hbond substituents is 4. The van der Waals surface area contributed by atoms with Crippen molar-refractivity contribution in [1.82, 2.24) is 9.13 Å². The monoisotopic (exact) mass is 396 g/mol. The molecule has 0 atom stereocenters. The van der Waals surface area contributed by atoms with Gasteiger partial charge in [-0.2, -0.15) is 0 Å². The number of aromatic hydroxyl groups is 4. The number of hydrogen-bond donors (Lipinski definition) is 4. The van der Waals surface area contributed by atoms with Crippen molar-refractivity contribution in [3.63, 3.8) is 0 Å². The SMILES string of the molecule is CCCCn1ccc2cc(O)c(O)cc21.CCCn1ccc2cc(O)c(O)cc21. The summed E-state index contributed by atoms with van der Waals surface area (Å²) in [5, 5.41) is 39.3. The topological polar surface area (TPSA) is 90.8 Å². The zero-order chi connectivity index (χ0) is 21.0. The molecule has 0 amide bonds. The van der Waals surface area contributed by atoms with Gasteiger partial charge in [0, 0.05) is 48.4 Å². The molecule has 0 fully saturated rings. The summed E-state index contributed by atoms with van der Waals surface area (Å²) in [6.45, 7) is 6.12. The Bertz CT molecular complexity index is 1110. The van der Waals surface area contributed by atoms with Gasteiger partial charge >= 0.3 is 0 Å². The van der Waals surface area contributed by atoms with Gasteiger partial charge in [0.1, 0.15) is 0 Å². The van der Waals surface area contributed by atoms with Gasteiger partial charge in [0.2, 0.25) is 0 Å². The molecular formula is C23H28N2O4. The summed E-state index contributed by atoms with van der Waals surface area (Å²) in [5.41, 5.74) is 1.93. The van der Waals surface area contributed by atoms with Crippen LogP contribution < -0.4 is 0 Å². The fraction of sp³-hybridized carbons (Fsp3) is 0.304. The Balaban J connectivity index is 0.000000166. The maximum Gasteiger partial charge on any atom is 0.159 e. The molecule has 0 aliphatic carbocycles. The van der Waals surface area contributed by atoms with Crippen molar-refractivity contribution in [2.24, 2.45) is 0 Å². The number of fused-ring (bicyclic) bond motifs is 2. The van der Waals surface area contributed by atoms with E-state index in [1.807, 2.05) is 24.5 Å². The van der Waals surface area contributed by atoms with Crippen LogP contribution in [0.3, 0.4) is 0 Å². The Labute approximate surface area is 169 Å². The fourth-order valence-corrected chi connectivity index (χ4v) is 3.39. The standard InChI is InChI=1S/C12H15NO2.C11H13NO2/c1-2-3-5-13-6-4-9-7-11(14)12(15)8-10(9)13;1-2-4-12-5-3-8-6-10(13)11(14)7-9(8)12/h4,6-8,14-15H,2-3,5H2,1H3;3,5-7,13-14H,2,4H2,1H3. The van der Waals surface area contributed by atoms with Gasteiger partial charge in [-0.1, -0.05) is 20.3 Å². The summed E-state index contributed by atoms with van der Waals surface area (Å²) in [6.07, 6.45) is 7.26. The number of phenols is 4. The van der Waals surface area contributed by atoms with E-state index < -0.39 is 0 Å². The van der Waals surface area contributed by atoms with E-state index in [2.05, 4.69) is 23.0 Å². The average Bonchev–Trinajstić information content (AvgIpc) is 3.26. The zero-order valence-electron chi connectivity index (χ0n) is 16.8. The highest BCUT2D eigenvalue weighted by molar-refractivity contribution is 5.84. The highest BCUT2D eigenvalue weighted by atomic mass is 16.3. The first-order valence-corrected chi connectivity index (χ1v) is 9.96. The number of aromatic nitrogens is 2. The molecule has 4 rings (SSSR count). The molecule has 0 aliphatic heterocycles. The molecule has 2 aromatic heterocycles. The molecule has 0 radical (unpaired) electrons. The summed E-state index contributed by atoms with van der Waals surface area (Å²) in [7, 11) is 0. The lowest BCUT2D eigenvalue weighted by atomic mass is 10.2. The number of benzene rings is 2. The lowest BCUT2D eigenvalue weighted by molar-refractivity contribution is 0.404. The van der Waals surface area contributed by atoms with Crippen LogP contribution in [-0.4, -0.2) is 29.6 Å². The molecule has 0 saturated carbocycles. The minimum atomic E-state index is -0.0632. The number of rotatable bonds is 5. The molecule has 2 aromatic carbocycles. The second kappa shape index (κ2) is 8.82. The third kappa shape index (κ3) is 4.42. The third-order valence-corrected chi connectivity index (χ3v) is 4.95. The van der Waals surface area contributed by atoms with Crippen molar-refractivity contribution < 1.29 is 20.4 Å². The van der Waals surface area contributed by atoms with Gasteiger partial charge in [0.05, 0.1) is 11.0 Å². The Kier molecular flexibility index (Phi) is 6.22. The summed E-state index contributed by atoms with van der Waals surface area (Å²) in [5.74, 6) is -0.241. The molecule has 4 N–H and O–H groups in total. The van der Waals surface area contributed by atoms with E-state index in [0.29, 0.717) is 0 Å². The Morgan fingerprint density at radius 1 is 0.621 bits per heavy atom. The van der Waals surface area contributed by atoms with E-state index in [0.717, 1.165) is 54.2 Å². The molecule has 154 valence electrons. The van der Waals surface area contributed by atoms with Crippen molar-refractivity contribution in [3.05, 3.63) is 48.8 Å². The van der Waals surface area contributed by atoms with Crippen LogP contribution in [-0.2, 0) is 13.1 Å². The first-order chi connectivity index (χ1) is 13.9. The third-order valence-electron chi connectivity index (χ3n) is 4.95. The van der Waals surface area contributed by atoms with Gasteiger partial charge in [-0.05, 0) is 37.1 Å². The van der Waals surface area contributed by atoms with Crippen LogP contribution >= 0.6 is 0 Å².